The van der Waals surface area contributed by atoms with E-state index in [2.05, 4.69) is 64.9 Å². The number of Topliss-reactive ketones (excluding diaryl/α,β-unsaturated/α-hetero) is 1. The van der Waals surface area contributed by atoms with Crippen molar-refractivity contribution in [1.82, 2.24) is 4.98 Å². The van der Waals surface area contributed by atoms with Gasteiger partial charge in [-0.3, -0.25) is 9.78 Å². The van der Waals surface area contributed by atoms with Crippen LogP contribution < -0.4 is 5.32 Å². The summed E-state index contributed by atoms with van der Waals surface area (Å²) in [7, 11) is 0. The monoisotopic (exact) mass is 406 g/mol. The average molecular weight is 407 g/mol. The summed E-state index contributed by atoms with van der Waals surface area (Å²) in [5.41, 5.74) is 6.88. The normalized spacial score (nSPS) is 25.2. The number of nitrogens with zero attached hydrogens (tertiary/aromatic N) is 1. The lowest BCUT2D eigenvalue weighted by Gasteiger charge is -2.40. The summed E-state index contributed by atoms with van der Waals surface area (Å²) < 4.78 is 0. The van der Waals surface area contributed by atoms with Gasteiger partial charge in [0.15, 0.2) is 5.78 Å². The SMILES string of the molecule is O=C1CC(c2ccccc2)CC2=C1C(C1CC=CCC1)Nc1ccc3ncccc3c12. The minimum Gasteiger partial charge on any atom is -0.377 e. The standard InChI is InChI=1S/C28H26N2O/c31-25-17-20(18-8-3-1-4-9-18)16-22-26-21-12-7-15-29-23(21)13-14-24(26)30-28(27(22)25)19-10-5-2-6-11-19/h1-5,7-9,12-15,19-20,28,30H,6,10-11,16-17H2. The molecule has 1 N–H and O–H groups in total. The minimum atomic E-state index is 0.103. The topological polar surface area (TPSA) is 42.0 Å². The zero-order chi connectivity index (χ0) is 20.8. The Balaban J connectivity index is 1.54. The minimum absolute atomic E-state index is 0.103. The van der Waals surface area contributed by atoms with Crippen molar-refractivity contribution in [2.45, 2.75) is 44.1 Å². The van der Waals surface area contributed by atoms with Crippen LogP contribution in [-0.2, 0) is 4.79 Å². The van der Waals surface area contributed by atoms with Crippen LogP contribution in [0, 0.1) is 5.92 Å². The third kappa shape index (κ3) is 3.11. The van der Waals surface area contributed by atoms with E-state index >= 15 is 0 Å². The molecule has 3 aliphatic rings. The second-order valence-electron chi connectivity index (χ2n) is 9.06. The van der Waals surface area contributed by atoms with E-state index in [1.54, 1.807) is 0 Å². The van der Waals surface area contributed by atoms with Crippen LogP contribution in [0.5, 0.6) is 0 Å². The fraction of sp³-hybridized carbons (Fsp3) is 0.286. The Hall–Kier alpha value is -3.20. The van der Waals surface area contributed by atoms with Crippen LogP contribution in [0.1, 0.15) is 49.1 Å². The first-order chi connectivity index (χ1) is 15.3. The molecule has 2 heterocycles. The van der Waals surface area contributed by atoms with E-state index in [1.807, 2.05) is 18.3 Å². The number of rotatable bonds is 2. The molecule has 2 aliphatic carbocycles. The van der Waals surface area contributed by atoms with Gasteiger partial charge in [-0.05, 0) is 66.9 Å². The summed E-state index contributed by atoms with van der Waals surface area (Å²) in [4.78, 5) is 18.3. The van der Waals surface area contributed by atoms with E-state index in [0.29, 0.717) is 18.1 Å². The highest BCUT2D eigenvalue weighted by Gasteiger charge is 2.40. The lowest BCUT2D eigenvalue weighted by molar-refractivity contribution is -0.116. The van der Waals surface area contributed by atoms with Gasteiger partial charge in [-0.2, -0.15) is 0 Å². The third-order valence-electron chi connectivity index (χ3n) is 7.27. The Kier molecular flexibility index (Phi) is 4.48. The van der Waals surface area contributed by atoms with E-state index in [0.717, 1.165) is 47.8 Å². The van der Waals surface area contributed by atoms with Crippen LogP contribution in [-0.4, -0.2) is 16.8 Å². The first-order valence-electron chi connectivity index (χ1n) is 11.4. The lowest BCUT2D eigenvalue weighted by Crippen LogP contribution is -2.40. The molecule has 1 aliphatic heterocycles. The third-order valence-corrected chi connectivity index (χ3v) is 7.27. The van der Waals surface area contributed by atoms with Gasteiger partial charge in [-0.15, -0.1) is 0 Å². The van der Waals surface area contributed by atoms with Crippen molar-refractivity contribution in [3.63, 3.8) is 0 Å². The molecule has 3 atom stereocenters. The van der Waals surface area contributed by atoms with Crippen LogP contribution in [0.15, 0.2) is 78.5 Å². The first-order valence-corrected chi connectivity index (χ1v) is 11.4. The summed E-state index contributed by atoms with van der Waals surface area (Å²) in [5, 5.41) is 4.94. The van der Waals surface area contributed by atoms with E-state index < -0.39 is 0 Å². The van der Waals surface area contributed by atoms with Gasteiger partial charge < -0.3 is 5.32 Å². The van der Waals surface area contributed by atoms with Gasteiger partial charge in [0.05, 0.1) is 11.6 Å². The highest BCUT2D eigenvalue weighted by atomic mass is 16.1. The molecule has 154 valence electrons. The quantitative estimate of drug-likeness (QED) is 0.509. The van der Waals surface area contributed by atoms with Gasteiger partial charge in [-0.1, -0.05) is 48.6 Å². The molecule has 31 heavy (non-hydrogen) atoms. The second kappa shape index (κ2) is 7.49. The molecule has 0 spiro atoms. The van der Waals surface area contributed by atoms with Crippen LogP contribution in [0.4, 0.5) is 5.69 Å². The molecule has 0 fully saturated rings. The maximum Gasteiger partial charge on any atom is 0.161 e. The number of hydrogen-bond acceptors (Lipinski definition) is 3. The van der Waals surface area contributed by atoms with Crippen LogP contribution in [0.25, 0.3) is 16.5 Å². The summed E-state index contributed by atoms with van der Waals surface area (Å²) >= 11 is 0. The van der Waals surface area contributed by atoms with Crippen molar-refractivity contribution < 1.29 is 4.79 Å². The molecular weight excluding hydrogens is 380 g/mol. The van der Waals surface area contributed by atoms with Crippen molar-refractivity contribution in [3.8, 4) is 0 Å². The van der Waals surface area contributed by atoms with Crippen molar-refractivity contribution in [1.29, 1.82) is 0 Å². The number of carbonyl (C=O) groups excluding carboxylic acids is 1. The number of hydrogen-bond donors (Lipinski definition) is 1. The van der Waals surface area contributed by atoms with Crippen molar-refractivity contribution in [2.75, 3.05) is 5.32 Å². The molecule has 3 aromatic rings. The second-order valence-corrected chi connectivity index (χ2v) is 9.06. The first kappa shape index (κ1) is 18.6. The molecule has 0 radical (unpaired) electrons. The number of fused-ring (bicyclic) bond motifs is 4. The predicted octanol–water partition coefficient (Wildman–Crippen LogP) is 6.29. The Labute approximate surface area is 182 Å². The largest absolute Gasteiger partial charge is 0.377 e. The number of pyridine rings is 1. The number of anilines is 1. The lowest BCUT2D eigenvalue weighted by atomic mass is 9.69. The molecule has 3 nitrogen and oxygen atoms in total. The molecule has 3 unspecified atom stereocenters. The zero-order valence-corrected chi connectivity index (χ0v) is 17.6. The van der Waals surface area contributed by atoms with Gasteiger partial charge in [-0.25, -0.2) is 0 Å². The molecule has 6 rings (SSSR count). The highest BCUT2D eigenvalue weighted by molar-refractivity contribution is 6.12. The van der Waals surface area contributed by atoms with E-state index in [-0.39, 0.29) is 12.0 Å². The van der Waals surface area contributed by atoms with Gasteiger partial charge >= 0.3 is 0 Å². The summed E-state index contributed by atoms with van der Waals surface area (Å²) in [5.74, 6) is 1.01. The van der Waals surface area contributed by atoms with E-state index in [1.165, 1.54) is 16.7 Å². The van der Waals surface area contributed by atoms with Crippen LogP contribution in [0.2, 0.25) is 0 Å². The highest BCUT2D eigenvalue weighted by Crippen LogP contribution is 2.49. The molecule has 0 saturated heterocycles. The summed E-state index contributed by atoms with van der Waals surface area (Å²) in [6.07, 6.45) is 11.2. The number of ketones is 1. The molecule has 0 amide bonds. The Morgan fingerprint density at radius 3 is 2.68 bits per heavy atom. The predicted molar refractivity (Wildman–Crippen MR) is 126 cm³/mol. The number of benzene rings is 2. The van der Waals surface area contributed by atoms with Crippen molar-refractivity contribution in [2.24, 2.45) is 5.92 Å². The van der Waals surface area contributed by atoms with Crippen LogP contribution >= 0.6 is 0 Å². The number of allylic oxidation sites excluding steroid dienone is 3. The Morgan fingerprint density at radius 1 is 0.935 bits per heavy atom. The zero-order valence-electron chi connectivity index (χ0n) is 17.6. The van der Waals surface area contributed by atoms with Gasteiger partial charge in [0.25, 0.3) is 0 Å². The number of aromatic nitrogens is 1. The maximum atomic E-state index is 13.7. The van der Waals surface area contributed by atoms with Crippen molar-refractivity contribution >= 4 is 27.9 Å². The van der Waals surface area contributed by atoms with Crippen LogP contribution in [0.3, 0.4) is 0 Å². The number of nitrogens with one attached hydrogen (secondary N) is 1. The molecule has 2 aromatic carbocycles. The average Bonchev–Trinajstić information content (AvgIpc) is 2.84. The maximum absolute atomic E-state index is 13.7. The fourth-order valence-corrected chi connectivity index (χ4v) is 5.80. The van der Waals surface area contributed by atoms with E-state index in [4.69, 9.17) is 0 Å². The summed E-state index contributed by atoms with van der Waals surface area (Å²) in [6, 6.07) is 19.1. The Morgan fingerprint density at radius 2 is 1.84 bits per heavy atom. The fourth-order valence-electron chi connectivity index (χ4n) is 5.80. The Bertz CT molecular complexity index is 1220. The smallest absolute Gasteiger partial charge is 0.161 e. The van der Waals surface area contributed by atoms with Crippen molar-refractivity contribution in [3.05, 3.63) is 89.6 Å². The van der Waals surface area contributed by atoms with Gasteiger partial charge in [0, 0.05) is 34.8 Å². The van der Waals surface area contributed by atoms with Gasteiger partial charge in [0.1, 0.15) is 0 Å². The van der Waals surface area contributed by atoms with Gasteiger partial charge in [0.2, 0.25) is 0 Å². The molecule has 0 bridgehead atoms. The molecule has 1 aromatic heterocycles. The van der Waals surface area contributed by atoms with E-state index in [9.17, 15) is 4.79 Å². The summed E-state index contributed by atoms with van der Waals surface area (Å²) in [6.45, 7) is 0. The number of carbonyl (C=O) groups is 1. The molecule has 3 heteroatoms. The molecular formula is C28H26N2O. The molecule has 0 saturated carbocycles.